The maximum Gasteiger partial charge on any atom is 0.259 e. The first-order chi connectivity index (χ1) is 18.0. The Bertz CT molecular complexity index is 1280. The minimum atomic E-state index is 0.0333. The van der Waals surface area contributed by atoms with E-state index in [1.165, 1.54) is 0 Å². The Morgan fingerprint density at radius 1 is 0.946 bits per heavy atom. The summed E-state index contributed by atoms with van der Waals surface area (Å²) in [4.78, 5) is 17.3. The average molecular weight is 519 g/mol. The number of benzene rings is 3. The number of anilines is 1. The van der Waals surface area contributed by atoms with E-state index < -0.39 is 0 Å². The van der Waals surface area contributed by atoms with Gasteiger partial charge in [0.1, 0.15) is 0 Å². The first-order valence-electron chi connectivity index (χ1n) is 12.5. The molecule has 7 heteroatoms. The smallest absolute Gasteiger partial charge is 0.259 e. The molecule has 0 saturated heterocycles. The molecule has 0 radical (unpaired) electrons. The number of fused-ring (bicyclic) bond motifs is 2. The third kappa shape index (κ3) is 5.57. The van der Waals surface area contributed by atoms with E-state index in [1.54, 1.807) is 33.1 Å². The Morgan fingerprint density at radius 2 is 1.68 bits per heavy atom. The number of methoxy groups -OCH3 is 3. The minimum absolute atomic E-state index is 0.0333. The van der Waals surface area contributed by atoms with Crippen LogP contribution in [0.4, 0.5) is 5.69 Å². The van der Waals surface area contributed by atoms with E-state index in [-0.39, 0.29) is 5.91 Å². The molecule has 1 heterocycles. The molecule has 1 aliphatic heterocycles. The van der Waals surface area contributed by atoms with Crippen LogP contribution in [0, 0.1) is 0 Å². The fourth-order valence-corrected chi connectivity index (χ4v) is 5.48. The van der Waals surface area contributed by atoms with Crippen LogP contribution in [0.15, 0.2) is 70.5 Å². The highest BCUT2D eigenvalue weighted by Gasteiger charge is 2.26. The van der Waals surface area contributed by atoms with E-state index in [0.29, 0.717) is 30.3 Å². The van der Waals surface area contributed by atoms with Crippen LogP contribution in [-0.4, -0.2) is 33.8 Å². The molecule has 3 aromatic rings. The van der Waals surface area contributed by atoms with E-state index in [1.807, 2.05) is 48.2 Å². The number of hydrogen-bond donors (Lipinski definition) is 1. The maximum atomic E-state index is 13.4. The first kappa shape index (κ1) is 26.5. The molecule has 37 heavy (non-hydrogen) atoms. The quantitative estimate of drug-likeness (QED) is 0.319. The number of rotatable bonds is 10. The molecule has 1 aliphatic rings. The lowest BCUT2D eigenvalue weighted by atomic mass is 10.1. The number of allylic oxidation sites excluding steroid dienone is 1. The zero-order chi connectivity index (χ0) is 26.4. The third-order valence-electron chi connectivity index (χ3n) is 6.30. The minimum Gasteiger partial charge on any atom is -0.493 e. The lowest BCUT2D eigenvalue weighted by Crippen LogP contribution is -2.30. The number of unbranched alkanes of at least 4 members (excludes halogenated alkanes) is 1. The molecule has 6 nitrogen and oxygen atoms in total. The van der Waals surface area contributed by atoms with Crippen molar-refractivity contribution in [1.82, 2.24) is 5.32 Å². The average Bonchev–Trinajstić information content (AvgIpc) is 3.05. The van der Waals surface area contributed by atoms with Gasteiger partial charge in [0, 0.05) is 28.6 Å². The Hall–Kier alpha value is -3.58. The number of hydrogen-bond acceptors (Lipinski definition) is 6. The van der Waals surface area contributed by atoms with Gasteiger partial charge in [-0.25, -0.2) is 0 Å². The molecule has 0 atom stereocenters. The van der Waals surface area contributed by atoms with Gasteiger partial charge in [0.05, 0.1) is 32.6 Å². The Labute approximate surface area is 223 Å². The molecule has 3 aromatic carbocycles. The predicted molar refractivity (Wildman–Crippen MR) is 150 cm³/mol. The van der Waals surface area contributed by atoms with Crippen molar-refractivity contribution in [3.8, 4) is 17.2 Å². The van der Waals surface area contributed by atoms with E-state index >= 15 is 0 Å². The van der Waals surface area contributed by atoms with Gasteiger partial charge < -0.3 is 24.4 Å². The summed E-state index contributed by atoms with van der Waals surface area (Å²) in [6, 6.07) is 18.1. The highest BCUT2D eigenvalue weighted by Crippen LogP contribution is 2.42. The zero-order valence-electron chi connectivity index (χ0n) is 22.1. The molecule has 1 amide bonds. The summed E-state index contributed by atoms with van der Waals surface area (Å²) in [6.45, 7) is 5.34. The van der Waals surface area contributed by atoms with Gasteiger partial charge in [0.25, 0.3) is 5.91 Å². The lowest BCUT2D eigenvalue weighted by molar-refractivity contribution is 0.0985. The summed E-state index contributed by atoms with van der Waals surface area (Å²) < 4.78 is 16.5. The second-order valence-electron chi connectivity index (χ2n) is 8.62. The van der Waals surface area contributed by atoms with Crippen LogP contribution in [0.25, 0.3) is 5.70 Å². The molecular formula is C30H34N2O4S. The highest BCUT2D eigenvalue weighted by molar-refractivity contribution is 7.99. The van der Waals surface area contributed by atoms with Crippen molar-refractivity contribution >= 4 is 29.1 Å². The summed E-state index contributed by atoms with van der Waals surface area (Å²) in [5.74, 6) is 1.85. The molecule has 0 aromatic heterocycles. The van der Waals surface area contributed by atoms with Crippen LogP contribution in [0.5, 0.6) is 17.2 Å². The number of nitrogens with one attached hydrogen (secondary N) is 1. The SMILES string of the molecule is CCC/C=C(\NCc1cc(OC)c(OC)c(OC)c1)c1ccc2c(c1)N(CC)C(=O)c1ccccc1S2. The second-order valence-corrected chi connectivity index (χ2v) is 9.71. The molecule has 4 rings (SSSR count). The number of nitrogens with zero attached hydrogens (tertiary/aromatic N) is 1. The van der Waals surface area contributed by atoms with Gasteiger partial charge in [-0.15, -0.1) is 0 Å². The summed E-state index contributed by atoms with van der Waals surface area (Å²) in [6.07, 6.45) is 4.19. The number of carbonyl (C=O) groups excluding carboxylic acids is 1. The molecule has 0 saturated carbocycles. The van der Waals surface area contributed by atoms with Gasteiger partial charge in [-0.05, 0) is 60.9 Å². The number of amides is 1. The van der Waals surface area contributed by atoms with Crippen LogP contribution in [0.1, 0.15) is 48.2 Å². The van der Waals surface area contributed by atoms with Crippen LogP contribution in [0.2, 0.25) is 0 Å². The number of carbonyl (C=O) groups is 1. The molecule has 0 aliphatic carbocycles. The van der Waals surface area contributed by atoms with Crippen LogP contribution >= 0.6 is 11.8 Å². The molecule has 0 spiro atoms. The fraction of sp³-hybridized carbons (Fsp3) is 0.300. The van der Waals surface area contributed by atoms with Gasteiger partial charge in [-0.3, -0.25) is 4.79 Å². The van der Waals surface area contributed by atoms with Crippen molar-refractivity contribution < 1.29 is 19.0 Å². The Balaban J connectivity index is 1.67. The maximum absolute atomic E-state index is 13.4. The van der Waals surface area contributed by atoms with Gasteiger partial charge in [0.2, 0.25) is 5.75 Å². The molecule has 1 N–H and O–H groups in total. The highest BCUT2D eigenvalue weighted by atomic mass is 32.2. The monoisotopic (exact) mass is 518 g/mol. The van der Waals surface area contributed by atoms with Gasteiger partial charge in [-0.2, -0.15) is 0 Å². The van der Waals surface area contributed by atoms with Crippen molar-refractivity contribution in [2.24, 2.45) is 0 Å². The predicted octanol–water partition coefficient (Wildman–Crippen LogP) is 6.77. The van der Waals surface area contributed by atoms with Crippen molar-refractivity contribution in [3.05, 3.63) is 77.4 Å². The fourth-order valence-electron chi connectivity index (χ4n) is 4.42. The topological polar surface area (TPSA) is 60.0 Å². The van der Waals surface area contributed by atoms with E-state index in [4.69, 9.17) is 14.2 Å². The van der Waals surface area contributed by atoms with Gasteiger partial charge >= 0.3 is 0 Å². The first-order valence-corrected chi connectivity index (χ1v) is 13.3. The zero-order valence-corrected chi connectivity index (χ0v) is 22.9. The standard InChI is InChI=1S/C30H34N2O4S/c1-6-8-12-23(31-19-20-16-25(34-3)29(36-5)26(17-20)35-4)21-14-15-28-24(18-21)32(7-2)30(33)22-11-9-10-13-27(22)37-28/h9-18,31H,6-8,19H2,1-5H3/b23-12-. The molecule has 0 bridgehead atoms. The molecular weight excluding hydrogens is 484 g/mol. The van der Waals surface area contributed by atoms with Crippen molar-refractivity contribution in [2.75, 3.05) is 32.8 Å². The van der Waals surface area contributed by atoms with E-state index in [9.17, 15) is 4.79 Å². The van der Waals surface area contributed by atoms with Crippen LogP contribution in [-0.2, 0) is 6.54 Å². The largest absolute Gasteiger partial charge is 0.493 e. The Kier molecular flexibility index (Phi) is 8.66. The number of ether oxygens (including phenoxy) is 3. The van der Waals surface area contributed by atoms with Crippen LogP contribution in [0.3, 0.4) is 0 Å². The van der Waals surface area contributed by atoms with E-state index in [2.05, 4.69) is 36.5 Å². The molecule has 194 valence electrons. The normalized spacial score (nSPS) is 12.9. The molecule has 0 unspecified atom stereocenters. The second kappa shape index (κ2) is 12.1. The van der Waals surface area contributed by atoms with E-state index in [0.717, 1.165) is 50.7 Å². The Morgan fingerprint density at radius 3 is 2.32 bits per heavy atom. The summed E-state index contributed by atoms with van der Waals surface area (Å²) in [5.41, 5.74) is 4.74. The van der Waals surface area contributed by atoms with Crippen molar-refractivity contribution in [1.29, 1.82) is 0 Å². The summed E-state index contributed by atoms with van der Waals surface area (Å²) in [5, 5.41) is 3.61. The van der Waals surface area contributed by atoms with Crippen molar-refractivity contribution in [2.45, 2.75) is 43.0 Å². The summed E-state index contributed by atoms with van der Waals surface area (Å²) in [7, 11) is 4.84. The molecule has 0 fully saturated rings. The van der Waals surface area contributed by atoms with Crippen LogP contribution < -0.4 is 24.4 Å². The van der Waals surface area contributed by atoms with Gasteiger partial charge in [-0.1, -0.05) is 49.4 Å². The summed E-state index contributed by atoms with van der Waals surface area (Å²) >= 11 is 1.64. The van der Waals surface area contributed by atoms with Gasteiger partial charge in [0.15, 0.2) is 11.5 Å². The van der Waals surface area contributed by atoms with Crippen molar-refractivity contribution in [3.63, 3.8) is 0 Å². The lowest BCUT2D eigenvalue weighted by Gasteiger charge is -2.23. The third-order valence-corrected chi connectivity index (χ3v) is 7.45.